The summed E-state index contributed by atoms with van der Waals surface area (Å²) in [6, 6.07) is 4.62. The number of carbonyl (C=O) groups is 1. The molecular formula is C13H10N6O3. The van der Waals surface area contributed by atoms with Crippen LogP contribution >= 0.6 is 0 Å². The van der Waals surface area contributed by atoms with E-state index in [1.54, 1.807) is 12.1 Å². The SMILES string of the molecule is COc1ccc(-n2nc(C(=O)O)cc2-c2cnccn2)nn1. The van der Waals surface area contributed by atoms with Gasteiger partial charge in [-0.05, 0) is 6.07 Å². The fourth-order valence-corrected chi connectivity index (χ4v) is 1.81. The lowest BCUT2D eigenvalue weighted by Crippen LogP contribution is -2.06. The Morgan fingerprint density at radius 3 is 2.73 bits per heavy atom. The van der Waals surface area contributed by atoms with E-state index in [-0.39, 0.29) is 5.69 Å². The Kier molecular flexibility index (Phi) is 3.44. The van der Waals surface area contributed by atoms with E-state index in [1.165, 1.54) is 36.4 Å². The first-order valence-corrected chi connectivity index (χ1v) is 6.17. The van der Waals surface area contributed by atoms with Gasteiger partial charge < -0.3 is 9.84 Å². The maximum Gasteiger partial charge on any atom is 0.356 e. The van der Waals surface area contributed by atoms with Gasteiger partial charge in [-0.3, -0.25) is 9.97 Å². The summed E-state index contributed by atoms with van der Waals surface area (Å²) in [5, 5.41) is 21.0. The average molecular weight is 298 g/mol. The molecule has 9 nitrogen and oxygen atoms in total. The van der Waals surface area contributed by atoms with E-state index in [1.807, 2.05) is 0 Å². The first-order chi connectivity index (χ1) is 10.7. The highest BCUT2D eigenvalue weighted by molar-refractivity contribution is 5.87. The molecule has 0 spiro atoms. The van der Waals surface area contributed by atoms with Crippen LogP contribution in [-0.2, 0) is 0 Å². The van der Waals surface area contributed by atoms with Gasteiger partial charge in [0.2, 0.25) is 5.88 Å². The van der Waals surface area contributed by atoms with E-state index in [0.29, 0.717) is 23.1 Å². The van der Waals surface area contributed by atoms with Crippen molar-refractivity contribution < 1.29 is 14.6 Å². The van der Waals surface area contributed by atoms with Crippen LogP contribution < -0.4 is 4.74 Å². The highest BCUT2D eigenvalue weighted by Gasteiger charge is 2.17. The van der Waals surface area contributed by atoms with Crippen LogP contribution in [-0.4, -0.2) is 48.1 Å². The van der Waals surface area contributed by atoms with Crippen molar-refractivity contribution in [3.05, 3.63) is 42.5 Å². The zero-order chi connectivity index (χ0) is 15.5. The zero-order valence-electron chi connectivity index (χ0n) is 11.4. The first-order valence-electron chi connectivity index (χ1n) is 6.17. The number of carboxylic acid groups (broad SMARTS) is 1. The predicted molar refractivity (Wildman–Crippen MR) is 73.7 cm³/mol. The van der Waals surface area contributed by atoms with Crippen LogP contribution in [0.3, 0.4) is 0 Å². The molecule has 0 aliphatic carbocycles. The smallest absolute Gasteiger partial charge is 0.356 e. The van der Waals surface area contributed by atoms with Gasteiger partial charge in [0.05, 0.1) is 19.0 Å². The monoisotopic (exact) mass is 298 g/mol. The van der Waals surface area contributed by atoms with Crippen molar-refractivity contribution in [2.75, 3.05) is 7.11 Å². The van der Waals surface area contributed by atoms with Crippen molar-refractivity contribution in [3.63, 3.8) is 0 Å². The fourth-order valence-electron chi connectivity index (χ4n) is 1.81. The Morgan fingerprint density at radius 2 is 2.14 bits per heavy atom. The highest BCUT2D eigenvalue weighted by atomic mass is 16.5. The van der Waals surface area contributed by atoms with Gasteiger partial charge in [0.15, 0.2) is 11.5 Å². The van der Waals surface area contributed by atoms with Gasteiger partial charge in [-0.1, -0.05) is 0 Å². The van der Waals surface area contributed by atoms with Crippen molar-refractivity contribution in [2.24, 2.45) is 0 Å². The summed E-state index contributed by atoms with van der Waals surface area (Å²) in [5.74, 6) is -0.463. The van der Waals surface area contributed by atoms with Crippen LogP contribution in [0.2, 0.25) is 0 Å². The number of nitrogens with zero attached hydrogens (tertiary/aromatic N) is 6. The Labute approximate surface area is 124 Å². The van der Waals surface area contributed by atoms with Gasteiger partial charge in [-0.15, -0.1) is 10.2 Å². The molecule has 9 heteroatoms. The standard InChI is InChI=1S/C13H10N6O3/c1-22-12-3-2-11(16-17-12)19-10(6-8(18-19)13(20)21)9-7-14-4-5-15-9/h2-7H,1H3,(H,20,21). The molecule has 0 saturated carbocycles. The van der Waals surface area contributed by atoms with E-state index >= 15 is 0 Å². The third-order valence-electron chi connectivity index (χ3n) is 2.81. The van der Waals surface area contributed by atoms with E-state index in [4.69, 9.17) is 9.84 Å². The van der Waals surface area contributed by atoms with E-state index < -0.39 is 5.97 Å². The molecule has 0 aliphatic heterocycles. The third-order valence-corrected chi connectivity index (χ3v) is 2.81. The predicted octanol–water partition coefficient (Wildman–Crippen LogP) is 0.826. The molecule has 0 amide bonds. The van der Waals surface area contributed by atoms with Crippen LogP contribution in [0.15, 0.2) is 36.8 Å². The number of aromatic carboxylic acids is 1. The van der Waals surface area contributed by atoms with Gasteiger partial charge >= 0.3 is 5.97 Å². The third kappa shape index (κ3) is 2.46. The van der Waals surface area contributed by atoms with Crippen molar-refractivity contribution in [2.45, 2.75) is 0 Å². The van der Waals surface area contributed by atoms with E-state index in [0.717, 1.165) is 0 Å². The summed E-state index contributed by atoms with van der Waals surface area (Å²) in [6.07, 6.45) is 4.54. The summed E-state index contributed by atoms with van der Waals surface area (Å²) in [5.41, 5.74) is 0.795. The van der Waals surface area contributed by atoms with Gasteiger partial charge in [0.1, 0.15) is 5.69 Å². The molecular weight excluding hydrogens is 288 g/mol. The molecule has 110 valence electrons. The molecule has 0 atom stereocenters. The lowest BCUT2D eigenvalue weighted by Gasteiger charge is -2.05. The maximum absolute atomic E-state index is 11.2. The quantitative estimate of drug-likeness (QED) is 0.752. The highest BCUT2D eigenvalue weighted by Crippen LogP contribution is 2.21. The molecule has 0 unspecified atom stereocenters. The zero-order valence-corrected chi connectivity index (χ0v) is 11.4. The lowest BCUT2D eigenvalue weighted by molar-refractivity contribution is 0.0690. The molecule has 22 heavy (non-hydrogen) atoms. The second kappa shape index (κ2) is 5.56. The van der Waals surface area contributed by atoms with E-state index in [2.05, 4.69) is 25.3 Å². The van der Waals surface area contributed by atoms with Crippen LogP contribution in [0.5, 0.6) is 5.88 Å². The Hall–Kier alpha value is -3.36. The number of hydrogen-bond acceptors (Lipinski definition) is 7. The summed E-state index contributed by atoms with van der Waals surface area (Å²) in [7, 11) is 1.48. The van der Waals surface area contributed by atoms with Crippen molar-refractivity contribution in [1.29, 1.82) is 0 Å². The van der Waals surface area contributed by atoms with Gasteiger partial charge in [-0.25, -0.2) is 9.48 Å². The summed E-state index contributed by atoms with van der Waals surface area (Å²) in [4.78, 5) is 19.3. The largest absolute Gasteiger partial charge is 0.480 e. The lowest BCUT2D eigenvalue weighted by atomic mass is 10.3. The molecule has 3 rings (SSSR count). The molecule has 3 heterocycles. The molecule has 0 fully saturated rings. The van der Waals surface area contributed by atoms with Gasteiger partial charge in [0.25, 0.3) is 0 Å². The maximum atomic E-state index is 11.2. The topological polar surface area (TPSA) is 116 Å². The fraction of sp³-hybridized carbons (Fsp3) is 0.0769. The number of rotatable bonds is 4. The Morgan fingerprint density at radius 1 is 1.27 bits per heavy atom. The number of carboxylic acids is 1. The molecule has 0 aromatic carbocycles. The van der Waals surface area contributed by atoms with Crippen LogP contribution in [0, 0.1) is 0 Å². The minimum absolute atomic E-state index is 0.127. The van der Waals surface area contributed by atoms with Crippen molar-refractivity contribution in [1.82, 2.24) is 29.9 Å². The molecule has 0 aliphatic rings. The average Bonchev–Trinajstić information content (AvgIpc) is 3.01. The van der Waals surface area contributed by atoms with Crippen LogP contribution in [0.4, 0.5) is 0 Å². The second-order valence-corrected chi connectivity index (χ2v) is 4.16. The normalized spacial score (nSPS) is 10.4. The molecule has 3 aromatic heterocycles. The van der Waals surface area contributed by atoms with Gasteiger partial charge in [-0.2, -0.15) is 5.10 Å². The minimum Gasteiger partial charge on any atom is -0.480 e. The van der Waals surface area contributed by atoms with Crippen molar-refractivity contribution >= 4 is 5.97 Å². The Balaban J connectivity index is 2.14. The van der Waals surface area contributed by atoms with E-state index in [9.17, 15) is 4.79 Å². The summed E-state index contributed by atoms with van der Waals surface area (Å²) >= 11 is 0. The molecule has 0 saturated heterocycles. The number of methoxy groups -OCH3 is 1. The molecule has 1 N–H and O–H groups in total. The van der Waals surface area contributed by atoms with Gasteiger partial charge in [0, 0.05) is 24.5 Å². The second-order valence-electron chi connectivity index (χ2n) is 4.16. The molecule has 0 radical (unpaired) electrons. The minimum atomic E-state index is -1.15. The molecule has 3 aromatic rings. The Bertz CT molecular complexity index is 800. The van der Waals surface area contributed by atoms with Crippen molar-refractivity contribution in [3.8, 4) is 23.1 Å². The number of aromatic nitrogens is 6. The van der Waals surface area contributed by atoms with Crippen LogP contribution in [0.1, 0.15) is 10.5 Å². The molecule has 0 bridgehead atoms. The number of hydrogen-bond donors (Lipinski definition) is 1. The summed E-state index contributed by atoms with van der Waals surface area (Å²) in [6.45, 7) is 0. The number of ether oxygens (including phenoxy) is 1. The van der Waals surface area contributed by atoms with Crippen LogP contribution in [0.25, 0.3) is 17.2 Å². The summed E-state index contributed by atoms with van der Waals surface area (Å²) < 4.78 is 6.29. The first kappa shape index (κ1) is 13.6.